The molecule has 1 aliphatic rings. The van der Waals surface area contributed by atoms with Crippen molar-refractivity contribution in [2.24, 2.45) is 5.92 Å². The van der Waals surface area contributed by atoms with E-state index in [9.17, 15) is 4.79 Å². The van der Waals surface area contributed by atoms with Crippen LogP contribution in [0.3, 0.4) is 0 Å². The minimum atomic E-state index is -0.218. The molecular weight excluding hydrogens is 250 g/mol. The average Bonchev–Trinajstić information content (AvgIpc) is 3.03. The van der Waals surface area contributed by atoms with Gasteiger partial charge in [-0.25, -0.2) is 4.68 Å². The molecule has 0 spiro atoms. The van der Waals surface area contributed by atoms with Gasteiger partial charge in [0.2, 0.25) is 0 Å². The van der Waals surface area contributed by atoms with E-state index in [4.69, 9.17) is 11.6 Å². The summed E-state index contributed by atoms with van der Waals surface area (Å²) < 4.78 is 1.41. The van der Waals surface area contributed by atoms with Crippen LogP contribution in [0.15, 0.2) is 11.0 Å². The second-order valence-electron chi connectivity index (χ2n) is 5.25. The Hall–Kier alpha value is -1.03. The number of halogens is 1. The molecule has 0 bridgehead atoms. The number of nitrogens with zero attached hydrogens (tertiary/aromatic N) is 2. The zero-order valence-electron chi connectivity index (χ0n) is 11.1. The summed E-state index contributed by atoms with van der Waals surface area (Å²) in [6.45, 7) is 6.01. The van der Waals surface area contributed by atoms with Crippen LogP contribution < -0.4 is 10.9 Å². The molecule has 1 saturated carbocycles. The van der Waals surface area contributed by atoms with Crippen molar-refractivity contribution < 1.29 is 0 Å². The highest BCUT2D eigenvalue weighted by Crippen LogP contribution is 2.37. The van der Waals surface area contributed by atoms with Gasteiger partial charge in [-0.2, -0.15) is 5.10 Å². The van der Waals surface area contributed by atoms with E-state index < -0.39 is 0 Å². The molecule has 0 aromatic carbocycles. The van der Waals surface area contributed by atoms with Crippen LogP contribution in [-0.4, -0.2) is 15.8 Å². The van der Waals surface area contributed by atoms with Crippen LogP contribution in [-0.2, 0) is 0 Å². The average molecular weight is 270 g/mol. The summed E-state index contributed by atoms with van der Waals surface area (Å²) in [5.41, 5.74) is 0.450. The molecule has 4 nitrogen and oxygen atoms in total. The summed E-state index contributed by atoms with van der Waals surface area (Å²) in [7, 11) is 0. The molecule has 18 heavy (non-hydrogen) atoms. The third kappa shape index (κ3) is 2.69. The molecule has 1 aromatic rings. The summed E-state index contributed by atoms with van der Waals surface area (Å²) in [5.74, 6) is 0.721. The van der Waals surface area contributed by atoms with Crippen LogP contribution in [0.2, 0.25) is 5.02 Å². The lowest BCUT2D eigenvalue weighted by atomic mass is 10.2. The normalized spacial score (nSPS) is 22.3. The van der Waals surface area contributed by atoms with Crippen LogP contribution in [0.4, 0.5) is 5.69 Å². The van der Waals surface area contributed by atoms with E-state index in [1.807, 2.05) is 13.8 Å². The van der Waals surface area contributed by atoms with Gasteiger partial charge in [-0.05, 0) is 32.6 Å². The minimum absolute atomic E-state index is 0.0258. The quantitative estimate of drug-likeness (QED) is 0.894. The first-order chi connectivity index (χ1) is 8.54. The first kappa shape index (κ1) is 13.4. The van der Waals surface area contributed by atoms with Crippen molar-refractivity contribution in [2.45, 2.75) is 52.1 Å². The van der Waals surface area contributed by atoms with Crippen LogP contribution in [0, 0.1) is 5.92 Å². The predicted octanol–water partition coefficient (Wildman–Crippen LogP) is 3.08. The lowest BCUT2D eigenvalue weighted by molar-refractivity contribution is 0.503. The number of hydrogen-bond donors (Lipinski definition) is 1. The van der Waals surface area contributed by atoms with Gasteiger partial charge in [-0.3, -0.25) is 4.79 Å². The fourth-order valence-corrected chi connectivity index (χ4v) is 2.42. The van der Waals surface area contributed by atoms with E-state index in [0.717, 1.165) is 12.3 Å². The molecule has 2 atom stereocenters. The van der Waals surface area contributed by atoms with E-state index in [0.29, 0.717) is 11.7 Å². The van der Waals surface area contributed by atoms with Crippen molar-refractivity contribution in [1.29, 1.82) is 0 Å². The molecular formula is C13H20ClN3O. The zero-order valence-corrected chi connectivity index (χ0v) is 11.9. The highest BCUT2D eigenvalue weighted by atomic mass is 35.5. The van der Waals surface area contributed by atoms with E-state index in [1.165, 1.54) is 17.5 Å². The SMILES string of the molecule is CCCC1CC1Nc1cnn(C(C)C)c(=O)c1Cl. The number of anilines is 1. The summed E-state index contributed by atoms with van der Waals surface area (Å²) in [6.07, 6.45) is 5.25. The van der Waals surface area contributed by atoms with Crippen LogP contribution >= 0.6 is 11.6 Å². The van der Waals surface area contributed by atoms with Crippen molar-refractivity contribution in [3.63, 3.8) is 0 Å². The maximum atomic E-state index is 12.0. The fourth-order valence-electron chi connectivity index (χ4n) is 2.23. The van der Waals surface area contributed by atoms with Crippen molar-refractivity contribution in [3.8, 4) is 0 Å². The minimum Gasteiger partial charge on any atom is -0.379 e. The second-order valence-corrected chi connectivity index (χ2v) is 5.63. The third-order valence-electron chi connectivity index (χ3n) is 3.36. The van der Waals surface area contributed by atoms with Gasteiger partial charge in [0.25, 0.3) is 5.56 Å². The Bertz CT molecular complexity index is 484. The summed E-state index contributed by atoms with van der Waals surface area (Å²) in [6, 6.07) is 0.483. The maximum Gasteiger partial charge on any atom is 0.287 e. The lowest BCUT2D eigenvalue weighted by Gasteiger charge is -2.12. The van der Waals surface area contributed by atoms with Gasteiger partial charge in [-0.15, -0.1) is 0 Å². The lowest BCUT2D eigenvalue weighted by Crippen LogP contribution is -2.26. The second kappa shape index (κ2) is 5.31. The Morgan fingerprint density at radius 2 is 2.33 bits per heavy atom. The Labute approximate surface area is 112 Å². The van der Waals surface area contributed by atoms with E-state index >= 15 is 0 Å². The molecule has 0 saturated heterocycles. The number of nitrogens with one attached hydrogen (secondary N) is 1. The first-order valence-electron chi connectivity index (χ1n) is 6.58. The zero-order chi connectivity index (χ0) is 13.3. The number of hydrogen-bond acceptors (Lipinski definition) is 3. The number of rotatable bonds is 5. The van der Waals surface area contributed by atoms with Crippen LogP contribution in [0.5, 0.6) is 0 Å². The molecule has 2 unspecified atom stereocenters. The molecule has 5 heteroatoms. The Morgan fingerprint density at radius 3 is 2.94 bits per heavy atom. The molecule has 1 N–H and O–H groups in total. The molecule has 1 aliphatic carbocycles. The maximum absolute atomic E-state index is 12.0. The van der Waals surface area contributed by atoms with Crippen LogP contribution in [0.25, 0.3) is 0 Å². The molecule has 0 radical (unpaired) electrons. The first-order valence-corrected chi connectivity index (χ1v) is 6.96. The van der Waals surface area contributed by atoms with Gasteiger partial charge in [0, 0.05) is 6.04 Å². The van der Waals surface area contributed by atoms with E-state index in [2.05, 4.69) is 17.3 Å². The highest BCUT2D eigenvalue weighted by molar-refractivity contribution is 6.32. The van der Waals surface area contributed by atoms with E-state index in [-0.39, 0.29) is 16.6 Å². The monoisotopic (exact) mass is 269 g/mol. The van der Waals surface area contributed by atoms with Crippen molar-refractivity contribution in [2.75, 3.05) is 5.32 Å². The van der Waals surface area contributed by atoms with Gasteiger partial charge in [0.05, 0.1) is 17.9 Å². The van der Waals surface area contributed by atoms with Crippen molar-refractivity contribution >= 4 is 17.3 Å². The summed E-state index contributed by atoms with van der Waals surface area (Å²) in [5, 5.41) is 7.72. The molecule has 100 valence electrons. The smallest absolute Gasteiger partial charge is 0.287 e. The van der Waals surface area contributed by atoms with Gasteiger partial charge < -0.3 is 5.32 Å². The van der Waals surface area contributed by atoms with Gasteiger partial charge in [0.15, 0.2) is 0 Å². The Kier molecular flexibility index (Phi) is 3.95. The molecule has 1 aromatic heterocycles. The van der Waals surface area contributed by atoms with Crippen molar-refractivity contribution in [1.82, 2.24) is 9.78 Å². The third-order valence-corrected chi connectivity index (χ3v) is 3.72. The fraction of sp³-hybridized carbons (Fsp3) is 0.692. The topological polar surface area (TPSA) is 46.9 Å². The van der Waals surface area contributed by atoms with Gasteiger partial charge in [0.1, 0.15) is 5.02 Å². The van der Waals surface area contributed by atoms with Gasteiger partial charge >= 0.3 is 0 Å². The molecule has 1 heterocycles. The standard InChI is InChI=1S/C13H20ClN3O/c1-4-5-9-6-10(9)16-11-7-15-17(8(2)3)13(18)12(11)14/h7-10,16H,4-6H2,1-3H3. The Balaban J connectivity index is 2.11. The molecule has 0 amide bonds. The van der Waals surface area contributed by atoms with E-state index in [1.54, 1.807) is 6.20 Å². The molecule has 2 rings (SSSR count). The largest absolute Gasteiger partial charge is 0.379 e. The highest BCUT2D eigenvalue weighted by Gasteiger charge is 2.36. The van der Waals surface area contributed by atoms with Crippen LogP contribution in [0.1, 0.15) is 46.1 Å². The number of aromatic nitrogens is 2. The van der Waals surface area contributed by atoms with Crippen molar-refractivity contribution in [3.05, 3.63) is 21.6 Å². The summed E-state index contributed by atoms with van der Waals surface area (Å²) in [4.78, 5) is 12.0. The Morgan fingerprint density at radius 1 is 1.61 bits per heavy atom. The molecule has 0 aliphatic heterocycles. The predicted molar refractivity (Wildman–Crippen MR) is 74.3 cm³/mol. The summed E-state index contributed by atoms with van der Waals surface area (Å²) >= 11 is 6.10. The van der Waals surface area contributed by atoms with Gasteiger partial charge in [-0.1, -0.05) is 24.9 Å². The molecule has 1 fully saturated rings.